The third kappa shape index (κ3) is 2.40. The lowest BCUT2D eigenvalue weighted by Gasteiger charge is -2.07. The fourth-order valence-corrected chi connectivity index (χ4v) is 4.22. The van der Waals surface area contributed by atoms with Crippen LogP contribution in [0, 0.1) is 0 Å². The van der Waals surface area contributed by atoms with Gasteiger partial charge in [-0.15, -0.1) is 11.3 Å². The highest BCUT2D eigenvalue weighted by atomic mass is 35.5. The van der Waals surface area contributed by atoms with E-state index in [9.17, 15) is 4.79 Å². The SMILES string of the molecule is CCOC(=O)C1CCc2sc(-c3ncc(Cl)s3)nc21. The van der Waals surface area contributed by atoms with Gasteiger partial charge in [0.2, 0.25) is 0 Å². The Morgan fingerprint density at radius 1 is 1.53 bits per heavy atom. The van der Waals surface area contributed by atoms with E-state index in [2.05, 4.69) is 9.97 Å². The minimum absolute atomic E-state index is 0.171. The van der Waals surface area contributed by atoms with Gasteiger partial charge in [-0.1, -0.05) is 22.9 Å². The smallest absolute Gasteiger partial charge is 0.315 e. The van der Waals surface area contributed by atoms with Crippen molar-refractivity contribution in [3.63, 3.8) is 0 Å². The molecule has 7 heteroatoms. The van der Waals surface area contributed by atoms with Crippen molar-refractivity contribution in [2.75, 3.05) is 6.61 Å². The molecule has 0 radical (unpaired) electrons. The van der Waals surface area contributed by atoms with E-state index in [-0.39, 0.29) is 11.9 Å². The molecule has 3 rings (SSSR count). The zero-order chi connectivity index (χ0) is 13.4. The first-order valence-corrected chi connectivity index (χ1v) is 7.98. The molecule has 0 aromatic carbocycles. The van der Waals surface area contributed by atoms with Crippen LogP contribution in [0.25, 0.3) is 10.0 Å². The molecule has 1 atom stereocenters. The van der Waals surface area contributed by atoms with Gasteiger partial charge in [0.15, 0.2) is 10.0 Å². The maximum Gasteiger partial charge on any atom is 0.315 e. The molecule has 0 N–H and O–H groups in total. The Labute approximate surface area is 123 Å². The Morgan fingerprint density at radius 3 is 3.05 bits per heavy atom. The summed E-state index contributed by atoms with van der Waals surface area (Å²) in [5, 5.41) is 1.66. The maximum absolute atomic E-state index is 11.9. The van der Waals surface area contributed by atoms with Gasteiger partial charge in [-0.2, -0.15) is 0 Å². The van der Waals surface area contributed by atoms with Crippen molar-refractivity contribution < 1.29 is 9.53 Å². The number of fused-ring (bicyclic) bond motifs is 1. The molecule has 0 amide bonds. The Bertz CT molecular complexity index is 623. The summed E-state index contributed by atoms with van der Waals surface area (Å²) in [4.78, 5) is 21.8. The molecule has 1 aliphatic carbocycles. The molecule has 2 heterocycles. The highest BCUT2D eigenvalue weighted by Crippen LogP contribution is 2.41. The molecule has 0 fully saturated rings. The molecule has 100 valence electrons. The second kappa shape index (κ2) is 5.19. The number of aryl methyl sites for hydroxylation is 1. The largest absolute Gasteiger partial charge is 0.465 e. The number of carbonyl (C=O) groups excluding carboxylic acids is 1. The van der Waals surface area contributed by atoms with Crippen LogP contribution >= 0.6 is 34.3 Å². The predicted octanol–water partition coefficient (Wildman–Crippen LogP) is 3.51. The van der Waals surface area contributed by atoms with Crippen LogP contribution in [0.5, 0.6) is 0 Å². The molecule has 4 nitrogen and oxygen atoms in total. The Morgan fingerprint density at radius 2 is 2.37 bits per heavy atom. The molecular formula is C12H11ClN2O2S2. The highest BCUT2D eigenvalue weighted by Gasteiger charge is 2.34. The molecule has 0 saturated carbocycles. The maximum atomic E-state index is 11.9. The summed E-state index contributed by atoms with van der Waals surface area (Å²) in [5.74, 6) is -0.384. The third-order valence-corrected chi connectivity index (χ3v) is 5.34. The number of aromatic nitrogens is 2. The van der Waals surface area contributed by atoms with Crippen molar-refractivity contribution >= 4 is 40.2 Å². The minimum Gasteiger partial charge on any atom is -0.465 e. The summed E-state index contributed by atoms with van der Waals surface area (Å²) < 4.78 is 5.74. The zero-order valence-electron chi connectivity index (χ0n) is 10.2. The average molecular weight is 315 g/mol. The van der Waals surface area contributed by atoms with Gasteiger partial charge in [-0.25, -0.2) is 9.97 Å². The first-order valence-electron chi connectivity index (χ1n) is 5.97. The van der Waals surface area contributed by atoms with Crippen LogP contribution in [-0.2, 0) is 16.0 Å². The fraction of sp³-hybridized carbons (Fsp3) is 0.417. The zero-order valence-corrected chi connectivity index (χ0v) is 12.6. The number of halogens is 1. The number of hydrogen-bond donors (Lipinski definition) is 0. The molecule has 1 aliphatic rings. The minimum atomic E-state index is -0.213. The van der Waals surface area contributed by atoms with Crippen LogP contribution in [-0.4, -0.2) is 22.5 Å². The van der Waals surface area contributed by atoms with Crippen LogP contribution in [0.2, 0.25) is 4.34 Å². The van der Waals surface area contributed by atoms with E-state index in [0.717, 1.165) is 28.6 Å². The van der Waals surface area contributed by atoms with Crippen molar-refractivity contribution in [1.29, 1.82) is 0 Å². The van der Waals surface area contributed by atoms with Gasteiger partial charge in [0, 0.05) is 4.88 Å². The van der Waals surface area contributed by atoms with Crippen LogP contribution < -0.4 is 0 Å². The number of rotatable bonds is 3. The Kier molecular flexibility index (Phi) is 3.56. The second-order valence-corrected chi connectivity index (χ2v) is 6.89. The average Bonchev–Trinajstić information content (AvgIpc) is 3.02. The quantitative estimate of drug-likeness (QED) is 0.813. The summed E-state index contributed by atoms with van der Waals surface area (Å²) in [6, 6.07) is 0. The van der Waals surface area contributed by atoms with Gasteiger partial charge in [-0.3, -0.25) is 4.79 Å². The van der Waals surface area contributed by atoms with Crippen molar-refractivity contribution in [2.24, 2.45) is 0 Å². The number of esters is 1. The Hall–Kier alpha value is -0.980. The van der Waals surface area contributed by atoms with Gasteiger partial charge in [0.05, 0.1) is 18.5 Å². The van der Waals surface area contributed by atoms with E-state index in [1.165, 1.54) is 16.2 Å². The molecule has 0 aliphatic heterocycles. The standard InChI is InChI=1S/C12H11ClN2O2S2/c1-2-17-12(16)6-3-4-7-9(6)15-11(18-7)10-14-5-8(13)19-10/h5-6H,2-4H2,1H3. The number of carbonyl (C=O) groups is 1. The van der Waals surface area contributed by atoms with Crippen molar-refractivity contribution in [3.8, 4) is 10.0 Å². The molecule has 0 bridgehead atoms. The molecule has 19 heavy (non-hydrogen) atoms. The van der Waals surface area contributed by atoms with Gasteiger partial charge in [0.1, 0.15) is 10.3 Å². The summed E-state index contributed by atoms with van der Waals surface area (Å²) in [6.07, 6.45) is 3.30. The number of nitrogens with zero attached hydrogens (tertiary/aromatic N) is 2. The van der Waals surface area contributed by atoms with E-state index < -0.39 is 0 Å². The summed E-state index contributed by atoms with van der Waals surface area (Å²) in [7, 11) is 0. The fourth-order valence-electron chi connectivity index (χ4n) is 2.14. The first kappa shape index (κ1) is 13.0. The molecule has 2 aromatic heterocycles. The summed E-state index contributed by atoms with van der Waals surface area (Å²) >= 11 is 8.89. The van der Waals surface area contributed by atoms with Crippen LogP contribution in [0.3, 0.4) is 0 Å². The van der Waals surface area contributed by atoms with E-state index in [1.54, 1.807) is 17.5 Å². The summed E-state index contributed by atoms with van der Waals surface area (Å²) in [5.41, 5.74) is 0.866. The van der Waals surface area contributed by atoms with E-state index in [0.29, 0.717) is 10.9 Å². The summed E-state index contributed by atoms with van der Waals surface area (Å²) in [6.45, 7) is 2.22. The van der Waals surface area contributed by atoms with Crippen LogP contribution in [0.4, 0.5) is 0 Å². The van der Waals surface area contributed by atoms with Crippen molar-refractivity contribution in [1.82, 2.24) is 9.97 Å². The second-order valence-electron chi connectivity index (χ2n) is 4.14. The normalized spacial score (nSPS) is 17.5. The first-order chi connectivity index (χ1) is 9.19. The molecule has 0 saturated heterocycles. The molecule has 0 spiro atoms. The van der Waals surface area contributed by atoms with Gasteiger partial charge in [0.25, 0.3) is 0 Å². The lowest BCUT2D eigenvalue weighted by Crippen LogP contribution is -2.14. The van der Waals surface area contributed by atoms with Gasteiger partial charge < -0.3 is 4.74 Å². The van der Waals surface area contributed by atoms with E-state index in [4.69, 9.17) is 16.3 Å². The predicted molar refractivity (Wildman–Crippen MR) is 75.9 cm³/mol. The van der Waals surface area contributed by atoms with E-state index >= 15 is 0 Å². The van der Waals surface area contributed by atoms with Crippen LogP contribution in [0.15, 0.2) is 6.20 Å². The third-order valence-electron chi connectivity index (χ3n) is 2.95. The number of hydrogen-bond acceptors (Lipinski definition) is 6. The monoisotopic (exact) mass is 314 g/mol. The van der Waals surface area contributed by atoms with Crippen LogP contribution in [0.1, 0.15) is 29.8 Å². The van der Waals surface area contributed by atoms with Crippen molar-refractivity contribution in [2.45, 2.75) is 25.7 Å². The lowest BCUT2D eigenvalue weighted by atomic mass is 10.1. The van der Waals surface area contributed by atoms with Crippen molar-refractivity contribution in [3.05, 3.63) is 21.1 Å². The Balaban J connectivity index is 1.90. The molecule has 1 unspecified atom stereocenters. The number of ether oxygens (including phenoxy) is 1. The number of thiazole rings is 2. The topological polar surface area (TPSA) is 52.1 Å². The van der Waals surface area contributed by atoms with E-state index in [1.807, 2.05) is 6.92 Å². The van der Waals surface area contributed by atoms with Gasteiger partial charge >= 0.3 is 5.97 Å². The molecule has 2 aromatic rings. The van der Waals surface area contributed by atoms with Gasteiger partial charge in [-0.05, 0) is 19.8 Å². The highest BCUT2D eigenvalue weighted by molar-refractivity contribution is 7.23. The molecular weight excluding hydrogens is 304 g/mol. The lowest BCUT2D eigenvalue weighted by molar-refractivity contribution is -0.145.